The maximum Gasteiger partial charge on any atom is 0.230 e. The van der Waals surface area contributed by atoms with Gasteiger partial charge in [-0.05, 0) is 49.1 Å². The largest absolute Gasteiger partial charge is 0.377 e. The zero-order valence-corrected chi connectivity index (χ0v) is 19.8. The number of hydrogen-bond acceptors (Lipinski definition) is 3. The van der Waals surface area contributed by atoms with E-state index in [0.717, 1.165) is 35.3 Å². The lowest BCUT2D eigenvalue weighted by Crippen LogP contribution is -2.41. The van der Waals surface area contributed by atoms with Crippen molar-refractivity contribution in [2.24, 2.45) is 0 Å². The number of amides is 2. The summed E-state index contributed by atoms with van der Waals surface area (Å²) < 4.78 is 0. The summed E-state index contributed by atoms with van der Waals surface area (Å²) in [5.74, 6) is -0.0368. The van der Waals surface area contributed by atoms with Gasteiger partial charge >= 0.3 is 0 Å². The predicted octanol–water partition coefficient (Wildman–Crippen LogP) is 5.42. The van der Waals surface area contributed by atoms with Crippen molar-refractivity contribution in [1.82, 2.24) is 4.90 Å². The van der Waals surface area contributed by atoms with Crippen LogP contribution < -0.4 is 10.2 Å². The summed E-state index contributed by atoms with van der Waals surface area (Å²) in [6.07, 6.45) is 2.06. The lowest BCUT2D eigenvalue weighted by atomic mass is 9.94. The van der Waals surface area contributed by atoms with Crippen molar-refractivity contribution in [2.75, 3.05) is 24.3 Å². The van der Waals surface area contributed by atoms with Crippen LogP contribution in [-0.4, -0.2) is 36.9 Å². The number of anilines is 2. The van der Waals surface area contributed by atoms with Crippen molar-refractivity contribution in [3.8, 4) is 0 Å². The first-order chi connectivity index (χ1) is 14.8. The van der Waals surface area contributed by atoms with Crippen molar-refractivity contribution in [3.05, 3.63) is 59.7 Å². The highest BCUT2D eigenvalue weighted by Gasteiger charge is 2.28. The summed E-state index contributed by atoms with van der Waals surface area (Å²) in [7, 11) is 3.99. The topological polar surface area (TPSA) is 52.7 Å². The molecule has 0 unspecified atom stereocenters. The second-order valence-corrected chi connectivity index (χ2v) is 8.23. The fourth-order valence-corrected chi connectivity index (χ4v) is 3.77. The molecule has 2 atom stereocenters. The molecule has 5 nitrogen and oxygen atoms in total. The number of nitrogens with zero attached hydrogens (tertiary/aromatic N) is 2. The molecule has 0 bridgehead atoms. The first kappa shape index (κ1) is 24.4. The zero-order chi connectivity index (χ0) is 23.0. The van der Waals surface area contributed by atoms with Crippen molar-refractivity contribution in [3.63, 3.8) is 0 Å². The Morgan fingerprint density at radius 1 is 0.968 bits per heavy atom. The monoisotopic (exact) mass is 423 g/mol. The Hall–Kier alpha value is -2.82. The first-order valence-electron chi connectivity index (χ1n) is 11.3. The van der Waals surface area contributed by atoms with Crippen LogP contribution in [0.5, 0.6) is 0 Å². The van der Waals surface area contributed by atoms with Gasteiger partial charge < -0.3 is 15.1 Å². The van der Waals surface area contributed by atoms with Crippen LogP contribution in [0.25, 0.3) is 0 Å². The maximum atomic E-state index is 13.7. The van der Waals surface area contributed by atoms with E-state index in [1.165, 1.54) is 0 Å². The average molecular weight is 424 g/mol. The number of carbonyl (C=O) groups excluding carboxylic acids is 2. The minimum Gasteiger partial charge on any atom is -0.377 e. The fraction of sp³-hybridized carbons (Fsp3) is 0.462. The number of carbonyl (C=O) groups is 2. The Kier molecular flexibility index (Phi) is 9.10. The molecule has 1 N–H and O–H groups in total. The van der Waals surface area contributed by atoms with Gasteiger partial charge in [-0.15, -0.1) is 0 Å². The molecule has 168 valence electrons. The molecule has 0 fully saturated rings. The lowest BCUT2D eigenvalue weighted by Gasteiger charge is -2.33. The summed E-state index contributed by atoms with van der Waals surface area (Å²) in [4.78, 5) is 29.7. The van der Waals surface area contributed by atoms with E-state index in [2.05, 4.69) is 31.0 Å². The molecule has 5 heteroatoms. The van der Waals surface area contributed by atoms with Gasteiger partial charge in [0.05, 0.1) is 5.92 Å². The van der Waals surface area contributed by atoms with Crippen LogP contribution in [0.2, 0.25) is 0 Å². The number of benzene rings is 2. The van der Waals surface area contributed by atoms with Gasteiger partial charge in [-0.1, -0.05) is 51.1 Å². The van der Waals surface area contributed by atoms with E-state index in [0.29, 0.717) is 13.0 Å². The second kappa shape index (κ2) is 11.5. The zero-order valence-electron chi connectivity index (χ0n) is 19.8. The summed E-state index contributed by atoms with van der Waals surface area (Å²) in [6.45, 7) is 8.62. The molecule has 0 aliphatic rings. The van der Waals surface area contributed by atoms with Crippen molar-refractivity contribution < 1.29 is 9.59 Å². The molecule has 2 amide bonds. The smallest absolute Gasteiger partial charge is 0.230 e. The standard InChI is InChI=1S/C26H37N3O2/c1-7-19(4)29(26(31)23(8-2)20-13-11-10-12-14-20)18-21-17-22(27-25(30)9-3)15-16-24(21)28(5)6/h10-17,19,23H,7-9,18H2,1-6H3,(H,27,30)/t19-,23+/m0/s1. The molecular formula is C26H37N3O2. The summed E-state index contributed by atoms with van der Waals surface area (Å²) in [5.41, 5.74) is 3.89. The van der Waals surface area contributed by atoms with Gasteiger partial charge in [-0.2, -0.15) is 0 Å². The van der Waals surface area contributed by atoms with Crippen LogP contribution in [0.1, 0.15) is 64.0 Å². The number of nitrogens with one attached hydrogen (secondary N) is 1. The normalized spacial score (nSPS) is 12.7. The van der Waals surface area contributed by atoms with Crippen LogP contribution >= 0.6 is 0 Å². The molecule has 0 aliphatic heterocycles. The Labute approximate surface area is 187 Å². The van der Waals surface area contributed by atoms with Gasteiger partial charge in [0.15, 0.2) is 0 Å². The quantitative estimate of drug-likeness (QED) is 0.555. The highest BCUT2D eigenvalue weighted by molar-refractivity contribution is 5.91. The minimum absolute atomic E-state index is 0.0199. The Balaban J connectivity index is 2.42. The first-order valence-corrected chi connectivity index (χ1v) is 11.3. The molecule has 0 radical (unpaired) electrons. The molecule has 0 saturated carbocycles. The maximum absolute atomic E-state index is 13.7. The predicted molar refractivity (Wildman–Crippen MR) is 129 cm³/mol. The average Bonchev–Trinajstić information content (AvgIpc) is 2.77. The van der Waals surface area contributed by atoms with Gasteiger partial charge in [0, 0.05) is 44.5 Å². The van der Waals surface area contributed by atoms with Gasteiger partial charge in [-0.25, -0.2) is 0 Å². The highest BCUT2D eigenvalue weighted by Crippen LogP contribution is 2.29. The molecular weight excluding hydrogens is 386 g/mol. The molecule has 0 aliphatic carbocycles. The third-order valence-corrected chi connectivity index (χ3v) is 5.82. The Bertz CT molecular complexity index is 864. The third-order valence-electron chi connectivity index (χ3n) is 5.82. The summed E-state index contributed by atoms with van der Waals surface area (Å²) in [5, 5.41) is 2.94. The van der Waals surface area contributed by atoms with Gasteiger partial charge in [0.25, 0.3) is 0 Å². The second-order valence-electron chi connectivity index (χ2n) is 8.23. The molecule has 2 aromatic carbocycles. The minimum atomic E-state index is -0.166. The van der Waals surface area contributed by atoms with E-state index in [1.54, 1.807) is 0 Å². The van der Waals surface area contributed by atoms with E-state index >= 15 is 0 Å². The van der Waals surface area contributed by atoms with Crippen LogP contribution in [0.4, 0.5) is 11.4 Å². The van der Waals surface area contributed by atoms with Crippen molar-refractivity contribution in [1.29, 1.82) is 0 Å². The number of hydrogen-bond donors (Lipinski definition) is 1. The van der Waals surface area contributed by atoms with Crippen LogP contribution in [-0.2, 0) is 16.1 Å². The molecule has 0 spiro atoms. The van der Waals surface area contributed by atoms with Crippen molar-refractivity contribution in [2.45, 2.75) is 65.5 Å². The SMILES string of the molecule is CCC(=O)Nc1ccc(N(C)C)c(CN(C(=O)[C@H](CC)c2ccccc2)[C@@H](C)CC)c1. The molecule has 0 saturated heterocycles. The molecule has 0 aromatic heterocycles. The third kappa shape index (κ3) is 6.33. The number of rotatable bonds is 10. The van der Waals surface area contributed by atoms with E-state index in [-0.39, 0.29) is 23.8 Å². The Morgan fingerprint density at radius 3 is 2.19 bits per heavy atom. The van der Waals surface area contributed by atoms with E-state index in [4.69, 9.17) is 0 Å². The van der Waals surface area contributed by atoms with Crippen LogP contribution in [0.3, 0.4) is 0 Å². The van der Waals surface area contributed by atoms with Crippen LogP contribution in [0.15, 0.2) is 48.5 Å². The fourth-order valence-electron chi connectivity index (χ4n) is 3.77. The van der Waals surface area contributed by atoms with Gasteiger partial charge in [0.1, 0.15) is 0 Å². The summed E-state index contributed by atoms with van der Waals surface area (Å²) >= 11 is 0. The van der Waals surface area contributed by atoms with Gasteiger partial charge in [-0.3, -0.25) is 9.59 Å². The van der Waals surface area contributed by atoms with E-state index in [1.807, 2.05) is 74.4 Å². The van der Waals surface area contributed by atoms with E-state index < -0.39 is 0 Å². The van der Waals surface area contributed by atoms with Crippen molar-refractivity contribution >= 4 is 23.2 Å². The molecule has 2 aromatic rings. The molecule has 2 rings (SSSR count). The molecule has 0 heterocycles. The lowest BCUT2D eigenvalue weighted by molar-refractivity contribution is -0.135. The van der Waals surface area contributed by atoms with Gasteiger partial charge in [0.2, 0.25) is 11.8 Å². The summed E-state index contributed by atoms with van der Waals surface area (Å²) in [6, 6.07) is 16.1. The van der Waals surface area contributed by atoms with E-state index in [9.17, 15) is 9.59 Å². The Morgan fingerprint density at radius 2 is 1.65 bits per heavy atom. The van der Waals surface area contributed by atoms with Crippen LogP contribution in [0, 0.1) is 0 Å². The highest BCUT2D eigenvalue weighted by atomic mass is 16.2. The molecule has 31 heavy (non-hydrogen) atoms.